The lowest BCUT2D eigenvalue weighted by molar-refractivity contribution is 0.0729. The van der Waals surface area contributed by atoms with Crippen molar-refractivity contribution in [1.29, 1.82) is 0 Å². The van der Waals surface area contributed by atoms with Crippen LogP contribution in [0.4, 0.5) is 5.82 Å². The lowest BCUT2D eigenvalue weighted by Gasteiger charge is -2.26. The van der Waals surface area contributed by atoms with E-state index in [0.29, 0.717) is 24.9 Å². The van der Waals surface area contributed by atoms with E-state index in [9.17, 15) is 13.2 Å². The van der Waals surface area contributed by atoms with E-state index >= 15 is 0 Å². The number of carbonyl (C=O) groups is 1. The number of ether oxygens (including phenoxy) is 2. The zero-order chi connectivity index (χ0) is 21.3. The molecule has 9 nitrogen and oxygen atoms in total. The molecule has 1 aliphatic carbocycles. The Morgan fingerprint density at radius 3 is 2.67 bits per heavy atom. The lowest BCUT2D eigenvalue weighted by Crippen LogP contribution is -2.40. The summed E-state index contributed by atoms with van der Waals surface area (Å²) in [6.07, 6.45) is 3.97. The van der Waals surface area contributed by atoms with Gasteiger partial charge in [-0.1, -0.05) is 0 Å². The first kappa shape index (κ1) is 20.8. The molecule has 1 saturated heterocycles. The van der Waals surface area contributed by atoms with Gasteiger partial charge in [-0.2, -0.15) is 9.40 Å². The second kappa shape index (κ2) is 8.37. The van der Waals surface area contributed by atoms with Crippen LogP contribution < -0.4 is 10.1 Å². The number of sulfonamides is 1. The zero-order valence-electron chi connectivity index (χ0n) is 17.1. The number of rotatable bonds is 7. The number of methoxy groups -OCH3 is 1. The molecule has 0 spiro atoms. The molecule has 1 unspecified atom stereocenters. The maximum absolute atomic E-state index is 13.1. The molecule has 0 radical (unpaired) electrons. The van der Waals surface area contributed by atoms with Crippen LogP contribution in [-0.4, -0.2) is 61.8 Å². The van der Waals surface area contributed by atoms with Crippen LogP contribution in [0.5, 0.6) is 5.75 Å². The summed E-state index contributed by atoms with van der Waals surface area (Å²) in [5, 5.41) is 7.20. The van der Waals surface area contributed by atoms with Crippen molar-refractivity contribution in [1.82, 2.24) is 14.1 Å². The van der Waals surface area contributed by atoms with Crippen LogP contribution in [0, 0.1) is 5.92 Å². The van der Waals surface area contributed by atoms with Gasteiger partial charge < -0.3 is 14.8 Å². The first-order valence-corrected chi connectivity index (χ1v) is 11.5. The summed E-state index contributed by atoms with van der Waals surface area (Å²) in [5.41, 5.74) is 0.231. The van der Waals surface area contributed by atoms with E-state index in [1.54, 1.807) is 18.3 Å². The molecular formula is C20H26N4O5S. The summed E-state index contributed by atoms with van der Waals surface area (Å²) in [4.78, 5) is 12.9. The third-order valence-corrected chi connectivity index (χ3v) is 7.54. The number of amides is 1. The molecule has 30 heavy (non-hydrogen) atoms. The first-order chi connectivity index (χ1) is 14.4. The normalized spacial score (nSPS) is 18.7. The smallest absolute Gasteiger partial charge is 0.256 e. The monoisotopic (exact) mass is 434 g/mol. The molecule has 1 N–H and O–H groups in total. The fraction of sp³-hybridized carbons (Fsp3) is 0.500. The minimum Gasteiger partial charge on any atom is -0.495 e. The number of carbonyl (C=O) groups excluding carboxylic acids is 1. The number of hydrogen-bond donors (Lipinski definition) is 1. The Balaban J connectivity index is 1.60. The molecule has 2 aliphatic rings. The molecule has 1 amide bonds. The standard InChI is InChI=1S/C20H26N4O5S/c1-14(15-3-4-15)24-19(7-8-21-24)22-20(25)16-5-6-17(28-2)18(13-16)30(26,27)23-9-11-29-12-10-23/h5-8,13-15H,3-4,9-12H2,1-2H3,(H,22,25). The van der Waals surface area contributed by atoms with Crippen LogP contribution >= 0.6 is 0 Å². The van der Waals surface area contributed by atoms with Crippen molar-refractivity contribution in [3.8, 4) is 5.75 Å². The summed E-state index contributed by atoms with van der Waals surface area (Å²) in [6, 6.07) is 6.36. The van der Waals surface area contributed by atoms with Gasteiger partial charge in [-0.25, -0.2) is 13.1 Å². The Labute approximate surface area is 176 Å². The highest BCUT2D eigenvalue weighted by Crippen LogP contribution is 2.40. The molecule has 1 saturated carbocycles. The third kappa shape index (κ3) is 4.07. The second-order valence-corrected chi connectivity index (χ2v) is 9.48. The van der Waals surface area contributed by atoms with Crippen molar-refractivity contribution in [2.24, 2.45) is 5.92 Å². The Bertz CT molecular complexity index is 1030. The molecule has 2 aromatic rings. The fourth-order valence-corrected chi connectivity index (χ4v) is 5.24. The number of aromatic nitrogens is 2. The van der Waals surface area contributed by atoms with E-state index in [2.05, 4.69) is 17.3 Å². The average molecular weight is 435 g/mol. The van der Waals surface area contributed by atoms with Crippen LogP contribution in [0.15, 0.2) is 35.4 Å². The molecule has 162 valence electrons. The van der Waals surface area contributed by atoms with Crippen LogP contribution in [-0.2, 0) is 14.8 Å². The molecule has 2 heterocycles. The minimum atomic E-state index is -3.82. The van der Waals surface area contributed by atoms with Gasteiger partial charge in [0, 0.05) is 24.7 Å². The number of hydrogen-bond acceptors (Lipinski definition) is 6. The van der Waals surface area contributed by atoms with E-state index in [1.165, 1.54) is 23.5 Å². The third-order valence-electron chi connectivity index (χ3n) is 5.62. The van der Waals surface area contributed by atoms with Crippen molar-refractivity contribution < 1.29 is 22.7 Å². The molecule has 2 fully saturated rings. The Morgan fingerprint density at radius 1 is 1.27 bits per heavy atom. The van der Waals surface area contributed by atoms with Gasteiger partial charge in [0.25, 0.3) is 5.91 Å². The molecule has 1 aromatic carbocycles. The van der Waals surface area contributed by atoms with Gasteiger partial charge in [0.1, 0.15) is 16.5 Å². The topological polar surface area (TPSA) is 103 Å². The number of nitrogens with zero attached hydrogens (tertiary/aromatic N) is 3. The highest BCUT2D eigenvalue weighted by Gasteiger charge is 2.32. The summed E-state index contributed by atoms with van der Waals surface area (Å²) < 4.78 is 39.9. The molecule has 10 heteroatoms. The van der Waals surface area contributed by atoms with Gasteiger partial charge in [-0.05, 0) is 43.9 Å². The maximum atomic E-state index is 13.1. The van der Waals surface area contributed by atoms with E-state index in [1.807, 2.05) is 4.68 Å². The lowest BCUT2D eigenvalue weighted by atomic mass is 10.2. The first-order valence-electron chi connectivity index (χ1n) is 10.0. The van der Waals surface area contributed by atoms with E-state index in [0.717, 1.165) is 12.8 Å². The fourth-order valence-electron chi connectivity index (χ4n) is 3.65. The summed E-state index contributed by atoms with van der Waals surface area (Å²) in [6.45, 7) is 3.29. The van der Waals surface area contributed by atoms with Crippen molar-refractivity contribution in [2.45, 2.75) is 30.7 Å². The molecule has 0 bridgehead atoms. The van der Waals surface area contributed by atoms with Gasteiger partial charge in [-0.3, -0.25) is 4.79 Å². The highest BCUT2D eigenvalue weighted by atomic mass is 32.2. The van der Waals surface area contributed by atoms with Crippen molar-refractivity contribution in [3.63, 3.8) is 0 Å². The molecule has 4 rings (SSSR count). The van der Waals surface area contributed by atoms with E-state index in [4.69, 9.17) is 9.47 Å². The van der Waals surface area contributed by atoms with Crippen molar-refractivity contribution in [2.75, 3.05) is 38.7 Å². The van der Waals surface area contributed by atoms with Crippen molar-refractivity contribution >= 4 is 21.7 Å². The number of anilines is 1. The van der Waals surface area contributed by atoms with E-state index < -0.39 is 15.9 Å². The quantitative estimate of drug-likeness (QED) is 0.716. The second-order valence-electron chi connectivity index (χ2n) is 7.58. The Morgan fingerprint density at radius 2 is 2.00 bits per heavy atom. The van der Waals surface area contributed by atoms with Gasteiger partial charge in [0.15, 0.2) is 0 Å². The zero-order valence-corrected chi connectivity index (χ0v) is 17.9. The minimum absolute atomic E-state index is 0.0283. The van der Waals surface area contributed by atoms with Crippen LogP contribution in [0.2, 0.25) is 0 Å². The van der Waals surface area contributed by atoms with Gasteiger partial charge in [-0.15, -0.1) is 0 Å². The molecule has 1 atom stereocenters. The van der Waals surface area contributed by atoms with Crippen molar-refractivity contribution in [3.05, 3.63) is 36.0 Å². The molecule has 1 aliphatic heterocycles. The van der Waals surface area contributed by atoms with E-state index in [-0.39, 0.29) is 35.3 Å². The van der Waals surface area contributed by atoms with Crippen LogP contribution in [0.1, 0.15) is 36.2 Å². The Kier molecular flexibility index (Phi) is 5.81. The molecular weight excluding hydrogens is 408 g/mol. The van der Waals surface area contributed by atoms with Crippen LogP contribution in [0.25, 0.3) is 0 Å². The van der Waals surface area contributed by atoms with Gasteiger partial charge >= 0.3 is 0 Å². The average Bonchev–Trinajstić information content (AvgIpc) is 3.52. The summed E-state index contributed by atoms with van der Waals surface area (Å²) in [7, 11) is -2.41. The van der Waals surface area contributed by atoms with Gasteiger partial charge in [0.2, 0.25) is 10.0 Å². The number of morpholine rings is 1. The summed E-state index contributed by atoms with van der Waals surface area (Å²) in [5.74, 6) is 0.964. The number of benzene rings is 1. The maximum Gasteiger partial charge on any atom is 0.256 e. The summed E-state index contributed by atoms with van der Waals surface area (Å²) >= 11 is 0. The number of nitrogens with one attached hydrogen (secondary N) is 1. The SMILES string of the molecule is COc1ccc(C(=O)Nc2ccnn2C(C)C2CC2)cc1S(=O)(=O)N1CCOCC1. The predicted octanol–water partition coefficient (Wildman–Crippen LogP) is 2.14. The predicted molar refractivity (Wildman–Crippen MR) is 110 cm³/mol. The largest absolute Gasteiger partial charge is 0.495 e. The van der Waals surface area contributed by atoms with Gasteiger partial charge in [0.05, 0.1) is 32.6 Å². The molecule has 1 aromatic heterocycles. The van der Waals surface area contributed by atoms with Crippen LogP contribution in [0.3, 0.4) is 0 Å². The highest BCUT2D eigenvalue weighted by molar-refractivity contribution is 7.89. The Hall–Kier alpha value is -2.43.